The number of nitrogens with zero attached hydrogens (tertiary/aromatic N) is 2. The maximum atomic E-state index is 12.1. The van der Waals surface area contributed by atoms with E-state index >= 15 is 0 Å². The fraction of sp³-hybridized carbons (Fsp3) is 0.111. The average molecular weight is 292 g/mol. The SMILES string of the molecule is COC(=O)/C(=C/c1ccccc1)Cn1cnc2ccccc21. The molecule has 0 radical (unpaired) electrons. The number of imidazole rings is 1. The second kappa shape index (κ2) is 6.26. The summed E-state index contributed by atoms with van der Waals surface area (Å²) in [5.74, 6) is -0.332. The van der Waals surface area contributed by atoms with E-state index in [0.717, 1.165) is 16.6 Å². The Hall–Kier alpha value is -2.88. The summed E-state index contributed by atoms with van der Waals surface area (Å²) in [4.78, 5) is 16.4. The first kappa shape index (κ1) is 14.1. The second-order valence-electron chi connectivity index (χ2n) is 4.93. The quantitative estimate of drug-likeness (QED) is 0.547. The fourth-order valence-corrected chi connectivity index (χ4v) is 2.37. The summed E-state index contributed by atoms with van der Waals surface area (Å²) < 4.78 is 6.85. The molecule has 0 saturated carbocycles. The molecule has 0 aliphatic carbocycles. The zero-order chi connectivity index (χ0) is 15.4. The van der Waals surface area contributed by atoms with E-state index in [1.807, 2.05) is 65.2 Å². The Morgan fingerprint density at radius 1 is 1.14 bits per heavy atom. The maximum Gasteiger partial charge on any atom is 0.335 e. The van der Waals surface area contributed by atoms with Gasteiger partial charge in [0.25, 0.3) is 0 Å². The molecule has 1 aromatic heterocycles. The topological polar surface area (TPSA) is 44.1 Å². The van der Waals surface area contributed by atoms with Crippen LogP contribution in [-0.4, -0.2) is 22.6 Å². The van der Waals surface area contributed by atoms with E-state index in [-0.39, 0.29) is 5.97 Å². The van der Waals surface area contributed by atoms with Gasteiger partial charge in [-0.15, -0.1) is 0 Å². The number of aromatic nitrogens is 2. The lowest BCUT2D eigenvalue weighted by atomic mass is 10.1. The number of carbonyl (C=O) groups is 1. The molecule has 0 fully saturated rings. The lowest BCUT2D eigenvalue weighted by molar-refractivity contribution is -0.136. The number of ether oxygens (including phenoxy) is 1. The van der Waals surface area contributed by atoms with E-state index in [1.165, 1.54) is 7.11 Å². The van der Waals surface area contributed by atoms with E-state index in [0.29, 0.717) is 12.1 Å². The molecule has 0 N–H and O–H groups in total. The lowest BCUT2D eigenvalue weighted by Crippen LogP contribution is -2.11. The van der Waals surface area contributed by atoms with Crippen molar-refractivity contribution in [2.75, 3.05) is 7.11 Å². The number of para-hydroxylation sites is 2. The lowest BCUT2D eigenvalue weighted by Gasteiger charge is -2.08. The average Bonchev–Trinajstić information content (AvgIpc) is 2.98. The molecule has 0 saturated heterocycles. The van der Waals surface area contributed by atoms with Crippen LogP contribution >= 0.6 is 0 Å². The largest absolute Gasteiger partial charge is 0.466 e. The normalized spacial score (nSPS) is 11.6. The Bertz CT molecular complexity index is 819. The molecule has 0 atom stereocenters. The molecule has 0 aliphatic rings. The molecule has 0 amide bonds. The number of fused-ring (bicyclic) bond motifs is 1. The van der Waals surface area contributed by atoms with Crippen LogP contribution in [0.25, 0.3) is 17.1 Å². The van der Waals surface area contributed by atoms with Gasteiger partial charge in [0.15, 0.2) is 0 Å². The highest BCUT2D eigenvalue weighted by Crippen LogP contribution is 2.16. The molecule has 1 heterocycles. The van der Waals surface area contributed by atoms with Gasteiger partial charge >= 0.3 is 5.97 Å². The Kier molecular flexibility index (Phi) is 4.01. The highest BCUT2D eigenvalue weighted by molar-refractivity contribution is 5.93. The third kappa shape index (κ3) is 2.91. The third-order valence-corrected chi connectivity index (χ3v) is 3.46. The van der Waals surface area contributed by atoms with Crippen molar-refractivity contribution in [3.63, 3.8) is 0 Å². The van der Waals surface area contributed by atoms with Crippen molar-refractivity contribution in [2.45, 2.75) is 6.54 Å². The predicted molar refractivity (Wildman–Crippen MR) is 86.2 cm³/mol. The Balaban J connectivity index is 1.97. The van der Waals surface area contributed by atoms with Gasteiger partial charge in [0.1, 0.15) is 0 Å². The predicted octanol–water partition coefficient (Wildman–Crippen LogP) is 3.29. The van der Waals surface area contributed by atoms with Gasteiger partial charge < -0.3 is 9.30 Å². The molecule has 4 heteroatoms. The van der Waals surface area contributed by atoms with Crippen molar-refractivity contribution < 1.29 is 9.53 Å². The second-order valence-corrected chi connectivity index (χ2v) is 4.93. The summed E-state index contributed by atoms with van der Waals surface area (Å²) in [6.07, 6.45) is 3.59. The molecule has 0 spiro atoms. The van der Waals surface area contributed by atoms with E-state index in [9.17, 15) is 4.79 Å². The van der Waals surface area contributed by atoms with Crippen molar-refractivity contribution >= 4 is 23.1 Å². The van der Waals surface area contributed by atoms with Gasteiger partial charge in [-0.1, -0.05) is 42.5 Å². The summed E-state index contributed by atoms with van der Waals surface area (Å²) >= 11 is 0. The van der Waals surface area contributed by atoms with Crippen LogP contribution in [-0.2, 0) is 16.1 Å². The first-order chi connectivity index (χ1) is 10.8. The molecule has 2 aromatic carbocycles. The van der Waals surface area contributed by atoms with E-state index in [1.54, 1.807) is 6.33 Å². The van der Waals surface area contributed by atoms with Crippen molar-refractivity contribution in [3.05, 3.63) is 72.1 Å². The Morgan fingerprint density at radius 3 is 2.64 bits per heavy atom. The van der Waals surface area contributed by atoms with Gasteiger partial charge in [-0.25, -0.2) is 9.78 Å². The molecule has 22 heavy (non-hydrogen) atoms. The van der Waals surface area contributed by atoms with Crippen LogP contribution in [0, 0.1) is 0 Å². The zero-order valence-electron chi connectivity index (χ0n) is 12.3. The van der Waals surface area contributed by atoms with Gasteiger partial charge in [-0.05, 0) is 23.8 Å². The van der Waals surface area contributed by atoms with Gasteiger partial charge in [-0.3, -0.25) is 0 Å². The molecule has 0 bridgehead atoms. The molecule has 3 aromatic rings. The Labute approximate surface area is 128 Å². The minimum absolute atomic E-state index is 0.332. The van der Waals surface area contributed by atoms with Crippen LogP contribution < -0.4 is 0 Å². The van der Waals surface area contributed by atoms with E-state index < -0.39 is 0 Å². The Morgan fingerprint density at radius 2 is 1.86 bits per heavy atom. The third-order valence-electron chi connectivity index (χ3n) is 3.46. The maximum absolute atomic E-state index is 12.1. The van der Waals surface area contributed by atoms with E-state index in [4.69, 9.17) is 4.74 Å². The highest BCUT2D eigenvalue weighted by atomic mass is 16.5. The summed E-state index contributed by atoms with van der Waals surface area (Å²) in [6, 6.07) is 17.6. The fourth-order valence-electron chi connectivity index (χ4n) is 2.37. The number of carbonyl (C=O) groups excluding carboxylic acids is 1. The number of methoxy groups -OCH3 is 1. The smallest absolute Gasteiger partial charge is 0.335 e. The minimum atomic E-state index is -0.332. The first-order valence-corrected chi connectivity index (χ1v) is 7.02. The number of esters is 1. The summed E-state index contributed by atoms with van der Waals surface area (Å²) in [5, 5.41) is 0. The van der Waals surface area contributed by atoms with Gasteiger partial charge in [0, 0.05) is 0 Å². The highest BCUT2D eigenvalue weighted by Gasteiger charge is 2.12. The summed E-state index contributed by atoms with van der Waals surface area (Å²) in [6.45, 7) is 0.419. The van der Waals surface area contributed by atoms with Crippen molar-refractivity contribution in [2.24, 2.45) is 0 Å². The number of rotatable bonds is 4. The van der Waals surface area contributed by atoms with Crippen LogP contribution in [0.4, 0.5) is 0 Å². The van der Waals surface area contributed by atoms with Crippen LogP contribution in [0.1, 0.15) is 5.56 Å². The summed E-state index contributed by atoms with van der Waals surface area (Å²) in [7, 11) is 1.40. The molecule has 3 rings (SSSR count). The van der Waals surface area contributed by atoms with Crippen molar-refractivity contribution in [1.29, 1.82) is 0 Å². The monoisotopic (exact) mass is 292 g/mol. The standard InChI is InChI=1S/C18H16N2O2/c1-22-18(21)15(11-14-7-3-2-4-8-14)12-20-13-19-16-9-5-6-10-17(16)20/h2-11,13H,12H2,1H3/b15-11+. The first-order valence-electron chi connectivity index (χ1n) is 7.02. The molecule has 4 nitrogen and oxygen atoms in total. The molecule has 110 valence electrons. The number of hydrogen-bond acceptors (Lipinski definition) is 3. The molecule has 0 aliphatic heterocycles. The number of benzene rings is 2. The van der Waals surface area contributed by atoms with E-state index in [2.05, 4.69) is 4.98 Å². The molecule has 0 unspecified atom stereocenters. The number of hydrogen-bond donors (Lipinski definition) is 0. The molecular formula is C18H16N2O2. The van der Waals surface area contributed by atoms with Gasteiger partial charge in [-0.2, -0.15) is 0 Å². The van der Waals surface area contributed by atoms with Crippen molar-refractivity contribution in [1.82, 2.24) is 9.55 Å². The molecular weight excluding hydrogens is 276 g/mol. The van der Waals surface area contributed by atoms with Gasteiger partial charge in [0.05, 0.1) is 36.6 Å². The van der Waals surface area contributed by atoms with Crippen LogP contribution in [0.2, 0.25) is 0 Å². The zero-order valence-corrected chi connectivity index (χ0v) is 12.3. The van der Waals surface area contributed by atoms with Crippen LogP contribution in [0.3, 0.4) is 0 Å². The summed E-state index contributed by atoms with van der Waals surface area (Å²) in [5.41, 5.74) is 3.45. The van der Waals surface area contributed by atoms with Gasteiger partial charge in [0.2, 0.25) is 0 Å². The van der Waals surface area contributed by atoms with Crippen LogP contribution in [0.15, 0.2) is 66.5 Å². The van der Waals surface area contributed by atoms with Crippen LogP contribution in [0.5, 0.6) is 0 Å². The minimum Gasteiger partial charge on any atom is -0.466 e. The van der Waals surface area contributed by atoms with Crippen molar-refractivity contribution in [3.8, 4) is 0 Å².